The van der Waals surface area contributed by atoms with E-state index in [1.165, 1.54) is 11.0 Å². The van der Waals surface area contributed by atoms with Crippen molar-refractivity contribution >= 4 is 62.3 Å². The van der Waals surface area contributed by atoms with E-state index in [0.717, 1.165) is 22.7 Å². The smallest absolute Gasteiger partial charge is 0.244 e. The molecular formula is C23H27Cl3FN3O4S. The first-order valence-electron chi connectivity index (χ1n) is 10.7. The molecule has 0 spiro atoms. The normalized spacial score (nSPS) is 12.4. The highest BCUT2D eigenvalue weighted by Gasteiger charge is 2.33. The van der Waals surface area contributed by atoms with E-state index in [0.29, 0.717) is 15.6 Å². The Hall–Kier alpha value is -2.07. The molecule has 2 rings (SSSR count). The Morgan fingerprint density at radius 1 is 1.06 bits per heavy atom. The standard InChI is InChI=1S/C23H27Cl3FN3O4S/c1-5-21(23(32)28-14(2)3)29(12-16-17(24)7-6-8-18(16)25)22(31)13-30(35(4,33)34)15-9-10-20(27)19(26)11-15/h6-11,14,21H,5,12-13H2,1-4H3,(H,28,32)/t21-/m0/s1. The van der Waals surface area contributed by atoms with Gasteiger partial charge in [-0.25, -0.2) is 12.8 Å². The predicted molar refractivity (Wildman–Crippen MR) is 138 cm³/mol. The van der Waals surface area contributed by atoms with Crippen molar-refractivity contribution in [3.63, 3.8) is 0 Å². The van der Waals surface area contributed by atoms with Crippen LogP contribution in [-0.4, -0.2) is 50.0 Å². The second kappa shape index (κ2) is 12.3. The topological polar surface area (TPSA) is 86.8 Å². The number of hydrogen-bond acceptors (Lipinski definition) is 4. The van der Waals surface area contributed by atoms with Crippen LogP contribution in [0.3, 0.4) is 0 Å². The Kier molecular flexibility index (Phi) is 10.2. The molecule has 0 saturated heterocycles. The third-order valence-corrected chi connectivity index (χ3v) is 7.22. The average Bonchev–Trinajstić information content (AvgIpc) is 2.74. The summed E-state index contributed by atoms with van der Waals surface area (Å²) in [4.78, 5) is 27.8. The lowest BCUT2D eigenvalue weighted by Gasteiger charge is -2.33. The van der Waals surface area contributed by atoms with Crippen molar-refractivity contribution in [3.8, 4) is 0 Å². The van der Waals surface area contributed by atoms with Gasteiger partial charge in [0.2, 0.25) is 21.8 Å². The summed E-state index contributed by atoms with van der Waals surface area (Å²) < 4.78 is 39.6. The molecule has 0 aromatic heterocycles. The summed E-state index contributed by atoms with van der Waals surface area (Å²) in [5, 5.41) is 3.07. The highest BCUT2D eigenvalue weighted by Crippen LogP contribution is 2.28. The largest absolute Gasteiger partial charge is 0.352 e. The summed E-state index contributed by atoms with van der Waals surface area (Å²) >= 11 is 18.5. The lowest BCUT2D eigenvalue weighted by molar-refractivity contribution is -0.140. The molecule has 0 radical (unpaired) electrons. The van der Waals surface area contributed by atoms with E-state index in [2.05, 4.69) is 5.32 Å². The van der Waals surface area contributed by atoms with Gasteiger partial charge in [-0.3, -0.25) is 13.9 Å². The third-order valence-electron chi connectivity index (χ3n) is 5.08. The van der Waals surface area contributed by atoms with Crippen LogP contribution in [0.15, 0.2) is 36.4 Å². The molecule has 0 aliphatic carbocycles. The SMILES string of the molecule is CC[C@@H](C(=O)NC(C)C)N(Cc1c(Cl)cccc1Cl)C(=O)CN(c1ccc(F)c(Cl)c1)S(C)(=O)=O. The molecule has 0 heterocycles. The number of carbonyl (C=O) groups excluding carboxylic acids is 2. The number of nitrogens with zero attached hydrogens (tertiary/aromatic N) is 2. The zero-order chi connectivity index (χ0) is 26.5. The van der Waals surface area contributed by atoms with Gasteiger partial charge in [0.15, 0.2) is 0 Å². The van der Waals surface area contributed by atoms with Crippen LogP contribution in [0.2, 0.25) is 15.1 Å². The predicted octanol–water partition coefficient (Wildman–Crippen LogP) is 4.88. The fraction of sp³-hybridized carbons (Fsp3) is 0.391. The molecule has 0 unspecified atom stereocenters. The van der Waals surface area contributed by atoms with Crippen molar-refractivity contribution < 1.29 is 22.4 Å². The number of amides is 2. The van der Waals surface area contributed by atoms with E-state index < -0.39 is 40.2 Å². The fourth-order valence-corrected chi connectivity index (χ4v) is 4.94. The van der Waals surface area contributed by atoms with Crippen molar-refractivity contribution in [2.24, 2.45) is 0 Å². The minimum Gasteiger partial charge on any atom is -0.352 e. The van der Waals surface area contributed by atoms with Gasteiger partial charge in [0, 0.05) is 28.2 Å². The quantitative estimate of drug-likeness (QED) is 0.444. The maximum atomic E-state index is 13.7. The van der Waals surface area contributed by atoms with Gasteiger partial charge in [0.05, 0.1) is 17.0 Å². The van der Waals surface area contributed by atoms with E-state index in [-0.39, 0.29) is 29.7 Å². The van der Waals surface area contributed by atoms with Crippen LogP contribution in [0.1, 0.15) is 32.8 Å². The van der Waals surface area contributed by atoms with Gasteiger partial charge in [-0.2, -0.15) is 0 Å². The van der Waals surface area contributed by atoms with Gasteiger partial charge < -0.3 is 10.2 Å². The molecule has 192 valence electrons. The molecule has 12 heteroatoms. The molecule has 2 aromatic rings. The summed E-state index contributed by atoms with van der Waals surface area (Å²) in [7, 11) is -3.98. The first-order valence-corrected chi connectivity index (χ1v) is 13.7. The first kappa shape index (κ1) is 29.2. The number of benzene rings is 2. The van der Waals surface area contributed by atoms with Crippen LogP contribution in [-0.2, 0) is 26.2 Å². The summed E-state index contributed by atoms with van der Waals surface area (Å²) in [5.74, 6) is -1.83. The molecule has 2 aromatic carbocycles. The zero-order valence-electron chi connectivity index (χ0n) is 19.7. The van der Waals surface area contributed by atoms with Crippen LogP contribution >= 0.6 is 34.8 Å². The van der Waals surface area contributed by atoms with E-state index in [4.69, 9.17) is 34.8 Å². The third kappa shape index (κ3) is 7.70. The zero-order valence-corrected chi connectivity index (χ0v) is 22.8. The van der Waals surface area contributed by atoms with Crippen molar-refractivity contribution in [1.29, 1.82) is 0 Å². The fourth-order valence-electron chi connectivity index (χ4n) is 3.41. The Morgan fingerprint density at radius 3 is 2.14 bits per heavy atom. The van der Waals surface area contributed by atoms with Crippen molar-refractivity contribution in [2.45, 2.75) is 45.8 Å². The highest BCUT2D eigenvalue weighted by molar-refractivity contribution is 7.92. The molecule has 1 N–H and O–H groups in total. The van der Waals surface area contributed by atoms with Gasteiger partial charge in [-0.15, -0.1) is 0 Å². The minimum absolute atomic E-state index is 0.00246. The van der Waals surface area contributed by atoms with Crippen LogP contribution in [0, 0.1) is 5.82 Å². The highest BCUT2D eigenvalue weighted by atomic mass is 35.5. The average molecular weight is 567 g/mol. The first-order chi connectivity index (χ1) is 16.3. The molecule has 0 aliphatic heterocycles. The molecule has 1 atom stereocenters. The van der Waals surface area contributed by atoms with E-state index in [1.54, 1.807) is 39.0 Å². The maximum Gasteiger partial charge on any atom is 0.244 e. The Balaban J connectivity index is 2.52. The molecule has 0 fully saturated rings. The van der Waals surface area contributed by atoms with Gasteiger partial charge >= 0.3 is 0 Å². The Labute approximate surface area is 220 Å². The van der Waals surface area contributed by atoms with Gasteiger partial charge in [0.25, 0.3) is 0 Å². The molecule has 0 bridgehead atoms. The van der Waals surface area contributed by atoms with E-state index >= 15 is 0 Å². The molecule has 7 nitrogen and oxygen atoms in total. The van der Waals surface area contributed by atoms with Crippen molar-refractivity contribution in [3.05, 3.63) is 62.8 Å². The van der Waals surface area contributed by atoms with Gasteiger partial charge in [-0.05, 0) is 50.6 Å². The Morgan fingerprint density at radius 2 is 1.66 bits per heavy atom. The molecule has 2 amide bonds. The second-order valence-corrected chi connectivity index (χ2v) is 11.3. The van der Waals surface area contributed by atoms with Crippen LogP contribution in [0.4, 0.5) is 10.1 Å². The van der Waals surface area contributed by atoms with Gasteiger partial charge in [0.1, 0.15) is 18.4 Å². The summed E-state index contributed by atoms with van der Waals surface area (Å²) in [6, 6.07) is 7.05. The van der Waals surface area contributed by atoms with Crippen LogP contribution < -0.4 is 9.62 Å². The van der Waals surface area contributed by atoms with Crippen LogP contribution in [0.5, 0.6) is 0 Å². The Bertz CT molecular complexity index is 1170. The lowest BCUT2D eigenvalue weighted by Crippen LogP contribution is -2.53. The molecular weight excluding hydrogens is 540 g/mol. The second-order valence-electron chi connectivity index (χ2n) is 8.18. The van der Waals surface area contributed by atoms with E-state index in [1.807, 2.05) is 0 Å². The van der Waals surface area contributed by atoms with Gasteiger partial charge in [-0.1, -0.05) is 47.8 Å². The molecule has 35 heavy (non-hydrogen) atoms. The molecule has 0 aliphatic rings. The lowest BCUT2D eigenvalue weighted by atomic mass is 10.1. The monoisotopic (exact) mass is 565 g/mol. The number of rotatable bonds is 10. The number of sulfonamides is 1. The number of anilines is 1. The number of nitrogens with one attached hydrogen (secondary N) is 1. The summed E-state index contributed by atoms with van der Waals surface area (Å²) in [5.41, 5.74) is 0.415. The van der Waals surface area contributed by atoms with Crippen molar-refractivity contribution in [1.82, 2.24) is 10.2 Å². The maximum absolute atomic E-state index is 13.7. The number of halogens is 4. The summed E-state index contributed by atoms with van der Waals surface area (Å²) in [6.07, 6.45) is 1.16. The minimum atomic E-state index is -3.98. The number of carbonyl (C=O) groups is 2. The number of hydrogen-bond donors (Lipinski definition) is 1. The van der Waals surface area contributed by atoms with Crippen LogP contribution in [0.25, 0.3) is 0 Å². The van der Waals surface area contributed by atoms with E-state index in [9.17, 15) is 22.4 Å². The molecule has 0 saturated carbocycles. The summed E-state index contributed by atoms with van der Waals surface area (Å²) in [6.45, 7) is 4.50. The van der Waals surface area contributed by atoms with Crippen molar-refractivity contribution in [2.75, 3.05) is 17.1 Å².